The van der Waals surface area contributed by atoms with Crippen LogP contribution < -0.4 is 10.6 Å². The highest BCUT2D eigenvalue weighted by Gasteiger charge is 2.36. The maximum atomic E-state index is 14.2. The van der Waals surface area contributed by atoms with Crippen LogP contribution in [0, 0.1) is 18.6 Å². The van der Waals surface area contributed by atoms with Gasteiger partial charge in [-0.2, -0.15) is 13.2 Å². The second kappa shape index (κ2) is 9.95. The van der Waals surface area contributed by atoms with E-state index in [1.807, 2.05) is 0 Å². The number of hydrogen-bond donors (Lipinski definition) is 2. The van der Waals surface area contributed by atoms with Gasteiger partial charge < -0.3 is 15.1 Å². The number of halogens is 6. The average molecular weight is 598 g/mol. The smallest absolute Gasteiger partial charge is 0.416 e. The molecule has 42 heavy (non-hydrogen) atoms. The molecule has 1 unspecified atom stereocenters. The van der Waals surface area contributed by atoms with Crippen LogP contribution in [0.4, 0.5) is 27.6 Å². The largest absolute Gasteiger partial charge is 0.441 e. The number of aryl methyl sites for hydroxylation is 1. The fraction of sp³-hybridized carbons (Fsp3) is 0.100. The molecule has 0 saturated heterocycles. The van der Waals surface area contributed by atoms with Crippen LogP contribution in [-0.2, 0) is 6.18 Å². The van der Waals surface area contributed by atoms with E-state index in [0.717, 1.165) is 12.1 Å². The molecule has 0 saturated carbocycles. The summed E-state index contributed by atoms with van der Waals surface area (Å²) in [5.74, 6) is -3.07. The zero-order valence-corrected chi connectivity index (χ0v) is 22.1. The van der Waals surface area contributed by atoms with Crippen LogP contribution >= 0.6 is 11.6 Å². The highest BCUT2D eigenvalue weighted by Crippen LogP contribution is 2.42. The first-order valence-electron chi connectivity index (χ1n) is 12.4. The van der Waals surface area contributed by atoms with E-state index in [1.54, 1.807) is 31.2 Å². The molecule has 1 aromatic heterocycles. The Hall–Kier alpha value is -4.77. The lowest BCUT2D eigenvalue weighted by Crippen LogP contribution is -2.21. The van der Waals surface area contributed by atoms with Crippen molar-refractivity contribution in [1.29, 1.82) is 0 Å². The van der Waals surface area contributed by atoms with E-state index in [9.17, 15) is 31.5 Å². The zero-order valence-electron chi connectivity index (χ0n) is 21.4. The number of rotatable bonds is 4. The van der Waals surface area contributed by atoms with Gasteiger partial charge in [-0.05, 0) is 71.8 Å². The van der Waals surface area contributed by atoms with E-state index in [1.165, 1.54) is 12.1 Å². The Morgan fingerprint density at radius 1 is 0.976 bits per heavy atom. The van der Waals surface area contributed by atoms with Gasteiger partial charge in [0.05, 0.1) is 11.6 Å². The number of oxazole rings is 1. The summed E-state index contributed by atoms with van der Waals surface area (Å²) in [5.41, 5.74) is 0.669. The van der Waals surface area contributed by atoms with Crippen LogP contribution in [0.25, 0.3) is 22.2 Å². The minimum absolute atomic E-state index is 0.0189. The third-order valence-electron chi connectivity index (χ3n) is 6.82. The Morgan fingerprint density at radius 3 is 2.52 bits per heavy atom. The maximum absolute atomic E-state index is 14.2. The van der Waals surface area contributed by atoms with Gasteiger partial charge in [0.15, 0.2) is 11.5 Å². The summed E-state index contributed by atoms with van der Waals surface area (Å²) < 4.78 is 73.8. The molecule has 6 rings (SSSR count). The molecule has 6 nitrogen and oxygen atoms in total. The first-order chi connectivity index (χ1) is 19.9. The van der Waals surface area contributed by atoms with E-state index in [-0.39, 0.29) is 33.5 Å². The number of amides is 2. The highest BCUT2D eigenvalue weighted by atomic mass is 35.5. The van der Waals surface area contributed by atoms with Crippen molar-refractivity contribution in [3.63, 3.8) is 0 Å². The maximum Gasteiger partial charge on any atom is 0.416 e. The number of benzene rings is 4. The minimum Gasteiger partial charge on any atom is -0.441 e. The lowest BCUT2D eigenvalue weighted by Gasteiger charge is -2.19. The number of alkyl halides is 3. The number of fused-ring (bicyclic) bond motifs is 2. The van der Waals surface area contributed by atoms with Gasteiger partial charge in [-0.3, -0.25) is 9.59 Å². The minimum atomic E-state index is -4.90. The summed E-state index contributed by atoms with van der Waals surface area (Å²) in [5, 5.41) is 5.39. The average Bonchev–Trinajstić information content (AvgIpc) is 3.47. The van der Waals surface area contributed by atoms with Crippen molar-refractivity contribution in [2.75, 3.05) is 5.32 Å². The van der Waals surface area contributed by atoms with Crippen molar-refractivity contribution in [1.82, 2.24) is 10.3 Å². The molecule has 0 spiro atoms. The van der Waals surface area contributed by atoms with Crippen LogP contribution in [0.1, 0.15) is 49.3 Å². The van der Waals surface area contributed by atoms with Gasteiger partial charge >= 0.3 is 6.18 Å². The molecule has 0 radical (unpaired) electrons. The molecular formula is C30H17ClF5N3O3. The van der Waals surface area contributed by atoms with Gasteiger partial charge in [0.1, 0.15) is 17.2 Å². The van der Waals surface area contributed by atoms with E-state index in [2.05, 4.69) is 15.6 Å². The molecule has 0 aliphatic carbocycles. The Morgan fingerprint density at radius 2 is 1.76 bits per heavy atom. The summed E-state index contributed by atoms with van der Waals surface area (Å²) in [6.07, 6.45) is -4.90. The summed E-state index contributed by atoms with van der Waals surface area (Å²) in [4.78, 5) is 30.8. The van der Waals surface area contributed by atoms with Crippen LogP contribution in [0.2, 0.25) is 5.02 Å². The number of aromatic nitrogens is 1. The number of hydrogen-bond acceptors (Lipinski definition) is 4. The topological polar surface area (TPSA) is 84.2 Å². The summed E-state index contributed by atoms with van der Waals surface area (Å²) in [6.45, 7) is 1.68. The van der Waals surface area contributed by atoms with Crippen LogP contribution in [0.15, 0.2) is 71.1 Å². The first kappa shape index (κ1) is 27.4. The normalized spacial score (nSPS) is 14.6. The molecule has 0 fully saturated rings. The van der Waals surface area contributed by atoms with Gasteiger partial charge in [0.25, 0.3) is 11.8 Å². The van der Waals surface area contributed by atoms with E-state index >= 15 is 0 Å². The number of carbonyl (C=O) groups is 2. The summed E-state index contributed by atoms with van der Waals surface area (Å²) >= 11 is 6.34. The van der Waals surface area contributed by atoms with E-state index < -0.39 is 46.8 Å². The van der Waals surface area contributed by atoms with Crippen LogP contribution in [0.5, 0.6) is 0 Å². The third-order valence-corrected chi connectivity index (χ3v) is 7.17. The van der Waals surface area contributed by atoms with Gasteiger partial charge in [-0.1, -0.05) is 17.7 Å². The van der Waals surface area contributed by atoms with Crippen molar-refractivity contribution in [3.05, 3.63) is 117 Å². The molecule has 0 bridgehead atoms. The van der Waals surface area contributed by atoms with Crippen molar-refractivity contribution >= 4 is 40.2 Å². The van der Waals surface area contributed by atoms with Crippen molar-refractivity contribution < 1.29 is 36.0 Å². The monoisotopic (exact) mass is 597 g/mol. The van der Waals surface area contributed by atoms with Gasteiger partial charge in [0, 0.05) is 39.9 Å². The molecule has 2 amide bonds. The Bertz CT molecular complexity index is 1940. The molecular weight excluding hydrogens is 581 g/mol. The Balaban J connectivity index is 1.51. The Kier molecular flexibility index (Phi) is 6.49. The third kappa shape index (κ3) is 4.96. The van der Waals surface area contributed by atoms with E-state index in [0.29, 0.717) is 40.3 Å². The van der Waals surface area contributed by atoms with E-state index in [4.69, 9.17) is 16.0 Å². The fourth-order valence-electron chi connectivity index (χ4n) is 4.97. The van der Waals surface area contributed by atoms with Crippen molar-refractivity contribution in [3.8, 4) is 11.1 Å². The quantitative estimate of drug-likeness (QED) is 0.207. The predicted molar refractivity (Wildman–Crippen MR) is 144 cm³/mol. The number of anilines is 1. The molecule has 12 heteroatoms. The molecule has 1 atom stereocenters. The van der Waals surface area contributed by atoms with Gasteiger partial charge in [0.2, 0.25) is 0 Å². The molecule has 2 heterocycles. The summed E-state index contributed by atoms with van der Waals surface area (Å²) in [7, 11) is 0. The predicted octanol–water partition coefficient (Wildman–Crippen LogP) is 7.84. The second-order valence-electron chi connectivity index (χ2n) is 9.65. The van der Waals surface area contributed by atoms with Gasteiger partial charge in [-0.25, -0.2) is 13.8 Å². The van der Waals surface area contributed by atoms with Crippen LogP contribution in [-0.4, -0.2) is 16.8 Å². The standard InChI is InChI=1S/C30H17ClF5N3O3/c1-13-37-23-9-14(2-5-25(23)42-13)15-8-21-26(27(39-29(21)41)20-12-18(32)3-4-22(20)31)24(10-15)38-28(40)16-6-17(30(34,35)36)11-19(33)7-16/h2-12,27H,1H3,(H,38,40)(H,39,41). The molecule has 4 aromatic carbocycles. The zero-order chi connectivity index (χ0) is 29.9. The number of nitrogens with one attached hydrogen (secondary N) is 2. The molecule has 212 valence electrons. The van der Waals surface area contributed by atoms with Gasteiger partial charge in [-0.15, -0.1) is 0 Å². The highest BCUT2D eigenvalue weighted by molar-refractivity contribution is 6.31. The number of nitrogens with zero attached hydrogens (tertiary/aromatic N) is 1. The Labute approximate surface area is 239 Å². The molecule has 5 aromatic rings. The molecule has 1 aliphatic heterocycles. The first-order valence-corrected chi connectivity index (χ1v) is 12.8. The summed E-state index contributed by atoms with van der Waals surface area (Å²) in [6, 6.07) is 12.2. The van der Waals surface area contributed by atoms with Crippen molar-refractivity contribution in [2.45, 2.75) is 19.1 Å². The molecule has 2 N–H and O–H groups in total. The van der Waals surface area contributed by atoms with Crippen LogP contribution in [0.3, 0.4) is 0 Å². The second-order valence-corrected chi connectivity index (χ2v) is 10.1. The lowest BCUT2D eigenvalue weighted by atomic mass is 9.92. The molecule has 1 aliphatic rings. The number of carbonyl (C=O) groups excluding carboxylic acids is 2. The lowest BCUT2D eigenvalue weighted by molar-refractivity contribution is -0.137. The van der Waals surface area contributed by atoms with Crippen molar-refractivity contribution in [2.24, 2.45) is 0 Å². The SMILES string of the molecule is Cc1nc2cc(-c3cc(NC(=O)c4cc(F)cc(C(F)(F)F)c4)c4c(c3)C(=O)NC4c3cc(F)ccc3Cl)ccc2o1. The fourth-order valence-corrected chi connectivity index (χ4v) is 5.20.